The summed E-state index contributed by atoms with van der Waals surface area (Å²) in [6.45, 7) is 7.79. The first-order chi connectivity index (χ1) is 12.3. The summed E-state index contributed by atoms with van der Waals surface area (Å²) < 4.78 is 7.47. The lowest BCUT2D eigenvalue weighted by molar-refractivity contribution is -0.118. The molecule has 0 unspecified atom stereocenters. The average Bonchev–Trinajstić information content (AvgIpc) is 3.01. The van der Waals surface area contributed by atoms with Crippen molar-refractivity contribution in [3.8, 4) is 5.75 Å². The van der Waals surface area contributed by atoms with Crippen molar-refractivity contribution in [2.24, 2.45) is 0 Å². The average molecular weight is 454 g/mol. The largest absolute Gasteiger partial charge is 0.483 e. The SMILES string of the molecule is Cc1cc(OCC(=O)Nc2nc3c(C)c(C)ccc3s2)c(Br)c(C)c1Cl. The van der Waals surface area contributed by atoms with Gasteiger partial charge in [-0.1, -0.05) is 29.0 Å². The number of rotatable bonds is 4. The first-order valence-corrected chi connectivity index (χ1v) is 10.0. The second-order valence-corrected chi connectivity index (χ2v) is 8.36. The Hall–Kier alpha value is -1.63. The van der Waals surface area contributed by atoms with Gasteiger partial charge in [0.1, 0.15) is 5.75 Å². The van der Waals surface area contributed by atoms with Crippen molar-refractivity contribution in [2.45, 2.75) is 27.7 Å². The van der Waals surface area contributed by atoms with Gasteiger partial charge in [0.05, 0.1) is 14.7 Å². The van der Waals surface area contributed by atoms with Crippen molar-refractivity contribution in [2.75, 3.05) is 11.9 Å². The van der Waals surface area contributed by atoms with E-state index in [-0.39, 0.29) is 12.5 Å². The summed E-state index contributed by atoms with van der Waals surface area (Å²) in [6, 6.07) is 5.90. The maximum Gasteiger partial charge on any atom is 0.264 e. The molecule has 136 valence electrons. The maximum absolute atomic E-state index is 12.3. The van der Waals surface area contributed by atoms with Crippen LogP contribution in [0.25, 0.3) is 10.2 Å². The number of hydrogen-bond donors (Lipinski definition) is 1. The molecule has 0 spiro atoms. The quantitative estimate of drug-likeness (QED) is 0.530. The zero-order valence-corrected chi connectivity index (χ0v) is 18.0. The van der Waals surface area contributed by atoms with Crippen LogP contribution in [0.5, 0.6) is 5.75 Å². The summed E-state index contributed by atoms with van der Waals surface area (Å²) in [6.07, 6.45) is 0. The van der Waals surface area contributed by atoms with Crippen LogP contribution < -0.4 is 10.1 Å². The van der Waals surface area contributed by atoms with E-state index < -0.39 is 0 Å². The minimum absolute atomic E-state index is 0.104. The van der Waals surface area contributed by atoms with Gasteiger partial charge in [-0.2, -0.15) is 0 Å². The molecule has 26 heavy (non-hydrogen) atoms. The molecule has 4 nitrogen and oxygen atoms in total. The van der Waals surface area contributed by atoms with Gasteiger partial charge in [-0.25, -0.2) is 4.98 Å². The lowest BCUT2D eigenvalue weighted by Gasteiger charge is -2.12. The number of hydrogen-bond acceptors (Lipinski definition) is 4. The Labute approximate surface area is 169 Å². The molecule has 2 aromatic carbocycles. The van der Waals surface area contributed by atoms with Crippen molar-refractivity contribution >= 4 is 60.1 Å². The van der Waals surface area contributed by atoms with Crippen LogP contribution >= 0.6 is 38.9 Å². The van der Waals surface area contributed by atoms with E-state index in [9.17, 15) is 4.79 Å². The first-order valence-electron chi connectivity index (χ1n) is 8.02. The van der Waals surface area contributed by atoms with E-state index >= 15 is 0 Å². The van der Waals surface area contributed by atoms with Crippen LogP contribution in [0, 0.1) is 27.7 Å². The molecule has 0 fully saturated rings. The van der Waals surface area contributed by atoms with Crippen LogP contribution in [-0.4, -0.2) is 17.5 Å². The highest BCUT2D eigenvalue weighted by Crippen LogP contribution is 2.35. The number of carbonyl (C=O) groups excluding carboxylic acids is 1. The molecule has 0 saturated carbocycles. The molecule has 0 atom stereocenters. The molecule has 1 amide bonds. The molecule has 3 aromatic rings. The summed E-state index contributed by atoms with van der Waals surface area (Å²) in [5, 5.41) is 4.07. The fourth-order valence-corrected chi connectivity index (χ4v) is 4.22. The van der Waals surface area contributed by atoms with Crippen LogP contribution in [0.4, 0.5) is 5.13 Å². The number of carbonyl (C=O) groups is 1. The molecule has 1 N–H and O–H groups in total. The van der Waals surface area contributed by atoms with Crippen LogP contribution in [-0.2, 0) is 4.79 Å². The van der Waals surface area contributed by atoms with E-state index in [1.165, 1.54) is 16.9 Å². The minimum Gasteiger partial charge on any atom is -0.483 e. The Kier molecular flexibility index (Phi) is 5.55. The molecule has 1 aromatic heterocycles. The van der Waals surface area contributed by atoms with E-state index in [0.29, 0.717) is 15.9 Å². The van der Waals surface area contributed by atoms with Crippen LogP contribution in [0.15, 0.2) is 22.7 Å². The van der Waals surface area contributed by atoms with Gasteiger partial charge in [0, 0.05) is 5.02 Å². The van der Waals surface area contributed by atoms with E-state index in [1.54, 1.807) is 0 Å². The first kappa shape index (κ1) is 19.1. The minimum atomic E-state index is -0.254. The third-order valence-electron chi connectivity index (χ3n) is 4.26. The number of nitrogens with one attached hydrogen (secondary N) is 1. The van der Waals surface area contributed by atoms with Crippen molar-refractivity contribution in [3.05, 3.63) is 49.9 Å². The second-order valence-electron chi connectivity index (χ2n) is 6.15. The standard InChI is InChI=1S/C19H18BrClN2O2S/c1-9-5-6-14-18(11(9)3)23-19(26-14)22-15(24)8-25-13-7-10(2)17(21)12(4)16(13)20/h5-7H,8H2,1-4H3,(H,22,23,24). The molecular formula is C19H18BrClN2O2S. The number of ether oxygens (including phenoxy) is 1. The number of aryl methyl sites for hydroxylation is 3. The number of halogens is 2. The third kappa shape index (κ3) is 3.72. The molecule has 0 saturated heterocycles. The number of nitrogens with zero attached hydrogens (tertiary/aromatic N) is 1. The lowest BCUT2D eigenvalue weighted by Crippen LogP contribution is -2.20. The highest BCUT2D eigenvalue weighted by molar-refractivity contribution is 9.10. The third-order valence-corrected chi connectivity index (χ3v) is 6.76. The van der Waals surface area contributed by atoms with Crippen molar-refractivity contribution in [1.82, 2.24) is 4.98 Å². The Morgan fingerprint density at radius 2 is 1.96 bits per heavy atom. The van der Waals surface area contributed by atoms with Crippen molar-refractivity contribution in [3.63, 3.8) is 0 Å². The van der Waals surface area contributed by atoms with Gasteiger partial charge >= 0.3 is 0 Å². The molecule has 7 heteroatoms. The zero-order valence-electron chi connectivity index (χ0n) is 14.9. The normalized spacial score (nSPS) is 11.0. The fourth-order valence-electron chi connectivity index (χ4n) is 2.58. The number of fused-ring (bicyclic) bond motifs is 1. The predicted molar refractivity (Wildman–Crippen MR) is 112 cm³/mol. The Morgan fingerprint density at radius 1 is 1.23 bits per heavy atom. The molecule has 0 bridgehead atoms. The van der Waals surface area contributed by atoms with Crippen LogP contribution in [0.2, 0.25) is 5.02 Å². The zero-order chi connectivity index (χ0) is 19.0. The Balaban J connectivity index is 1.71. The van der Waals surface area contributed by atoms with E-state index in [0.717, 1.165) is 31.4 Å². The smallest absolute Gasteiger partial charge is 0.264 e. The monoisotopic (exact) mass is 452 g/mol. The fraction of sp³-hybridized carbons (Fsp3) is 0.263. The van der Waals surface area contributed by atoms with Gasteiger partial charge in [0.25, 0.3) is 5.91 Å². The number of amides is 1. The lowest BCUT2D eigenvalue weighted by atomic mass is 10.1. The molecule has 0 radical (unpaired) electrons. The number of thiazole rings is 1. The summed E-state index contributed by atoms with van der Waals surface area (Å²) in [5.41, 5.74) is 5.03. The van der Waals surface area contributed by atoms with Gasteiger partial charge in [-0.3, -0.25) is 10.1 Å². The number of aromatic nitrogens is 1. The maximum atomic E-state index is 12.3. The molecule has 1 heterocycles. The Bertz CT molecular complexity index is 1020. The predicted octanol–water partition coefficient (Wildman–Crippen LogP) is 5.96. The van der Waals surface area contributed by atoms with Gasteiger partial charge in [0.2, 0.25) is 0 Å². The van der Waals surface area contributed by atoms with Crippen LogP contribution in [0.1, 0.15) is 22.3 Å². The topological polar surface area (TPSA) is 51.2 Å². The highest BCUT2D eigenvalue weighted by Gasteiger charge is 2.14. The van der Waals surface area contributed by atoms with Gasteiger partial charge in [-0.15, -0.1) is 0 Å². The van der Waals surface area contributed by atoms with Gasteiger partial charge in [-0.05, 0) is 78.0 Å². The van der Waals surface area contributed by atoms with Gasteiger partial charge < -0.3 is 4.74 Å². The summed E-state index contributed by atoms with van der Waals surface area (Å²) in [5.74, 6) is 0.339. The van der Waals surface area contributed by atoms with E-state index in [2.05, 4.69) is 32.3 Å². The summed E-state index contributed by atoms with van der Waals surface area (Å²) in [7, 11) is 0. The molecule has 3 rings (SSSR count). The second kappa shape index (κ2) is 7.55. The van der Waals surface area contributed by atoms with Crippen LogP contribution in [0.3, 0.4) is 0 Å². The highest BCUT2D eigenvalue weighted by atomic mass is 79.9. The number of benzene rings is 2. The molecule has 0 aliphatic carbocycles. The summed E-state index contributed by atoms with van der Waals surface area (Å²) >= 11 is 11.1. The molecular weight excluding hydrogens is 436 g/mol. The number of anilines is 1. The van der Waals surface area contributed by atoms with Crippen molar-refractivity contribution < 1.29 is 9.53 Å². The Morgan fingerprint density at radius 3 is 2.69 bits per heavy atom. The van der Waals surface area contributed by atoms with Crippen molar-refractivity contribution in [1.29, 1.82) is 0 Å². The van der Waals surface area contributed by atoms with Gasteiger partial charge in [0.15, 0.2) is 11.7 Å². The van der Waals surface area contributed by atoms with E-state index in [4.69, 9.17) is 16.3 Å². The summed E-state index contributed by atoms with van der Waals surface area (Å²) in [4.78, 5) is 16.8. The molecule has 0 aliphatic heterocycles. The molecule has 0 aliphatic rings. The van der Waals surface area contributed by atoms with E-state index in [1.807, 2.05) is 39.8 Å².